The molecule has 2 heteroatoms. The zero-order valence-corrected chi connectivity index (χ0v) is 9.47. The van der Waals surface area contributed by atoms with Crippen molar-refractivity contribution >= 4 is 21.7 Å². The maximum atomic E-state index is 12.4. The number of para-hydroxylation sites is 1. The lowest BCUT2D eigenvalue weighted by molar-refractivity contribution is 1.30. The van der Waals surface area contributed by atoms with E-state index in [0.29, 0.717) is 5.39 Å². The summed E-state index contributed by atoms with van der Waals surface area (Å²) in [6, 6.07) is 15.1. The molecule has 0 unspecified atom stereocenters. The van der Waals surface area contributed by atoms with Crippen LogP contribution in [0.2, 0.25) is 0 Å². The topological polar surface area (TPSA) is 30.0 Å². The van der Waals surface area contributed by atoms with Crippen LogP contribution in [0.25, 0.3) is 21.7 Å². The van der Waals surface area contributed by atoms with Gasteiger partial charge in [-0.3, -0.25) is 9.78 Å². The fourth-order valence-electron chi connectivity index (χ4n) is 2.15. The van der Waals surface area contributed by atoms with Crippen LogP contribution < -0.4 is 5.43 Å². The molecule has 3 rings (SSSR count). The number of aromatic nitrogens is 1. The molecule has 1 heterocycles. The monoisotopic (exact) mass is 221 g/mol. The van der Waals surface area contributed by atoms with E-state index in [2.05, 4.69) is 4.98 Å². The van der Waals surface area contributed by atoms with Crippen molar-refractivity contribution in [1.82, 2.24) is 4.98 Å². The predicted octanol–water partition coefficient (Wildman–Crippen LogP) is 3.06. The molecule has 0 saturated carbocycles. The van der Waals surface area contributed by atoms with Gasteiger partial charge in [0.1, 0.15) is 0 Å². The van der Waals surface area contributed by atoms with Crippen LogP contribution in [-0.4, -0.2) is 4.98 Å². The maximum Gasteiger partial charge on any atom is 0.195 e. The lowest BCUT2D eigenvalue weighted by Crippen LogP contribution is -1.97. The molecule has 0 spiro atoms. The highest BCUT2D eigenvalue weighted by Gasteiger charge is 2.04. The fraction of sp³-hybridized carbons (Fsp3) is 0.0667. The van der Waals surface area contributed by atoms with Crippen LogP contribution >= 0.6 is 0 Å². The molecule has 0 aliphatic carbocycles. The summed E-state index contributed by atoms with van der Waals surface area (Å²) in [5.74, 6) is 0. The Hall–Kier alpha value is -2.22. The highest BCUT2D eigenvalue weighted by Crippen LogP contribution is 2.15. The van der Waals surface area contributed by atoms with Crippen LogP contribution in [0.1, 0.15) is 5.69 Å². The quantitative estimate of drug-likeness (QED) is 0.584. The average Bonchev–Trinajstić information content (AvgIpc) is 2.48. The van der Waals surface area contributed by atoms with Crippen molar-refractivity contribution in [2.45, 2.75) is 6.92 Å². The first kappa shape index (κ1) is 9.97. The van der Waals surface area contributed by atoms with Gasteiger partial charge >= 0.3 is 0 Å². The molecular formula is C15H11NO. The van der Waals surface area contributed by atoms with Gasteiger partial charge in [-0.1, -0.05) is 36.4 Å². The van der Waals surface area contributed by atoms with E-state index in [-0.39, 0.29) is 5.43 Å². The van der Waals surface area contributed by atoms with Crippen LogP contribution in [-0.2, 0) is 0 Å². The molecular weight excluding hydrogens is 210 g/mol. The molecule has 3 aromatic rings. The first-order chi connectivity index (χ1) is 8.27. The summed E-state index contributed by atoms with van der Waals surface area (Å²) in [5.41, 5.74) is 1.70. The predicted molar refractivity (Wildman–Crippen MR) is 70.3 cm³/mol. The van der Waals surface area contributed by atoms with Gasteiger partial charge in [0.15, 0.2) is 5.43 Å². The van der Waals surface area contributed by atoms with Crippen molar-refractivity contribution in [3.8, 4) is 0 Å². The third kappa shape index (κ3) is 1.49. The Morgan fingerprint density at radius 2 is 1.41 bits per heavy atom. The lowest BCUT2D eigenvalue weighted by atomic mass is 10.1. The molecule has 0 saturated heterocycles. The molecule has 2 aromatic carbocycles. The van der Waals surface area contributed by atoms with Crippen molar-refractivity contribution in [1.29, 1.82) is 0 Å². The minimum Gasteiger partial charge on any atom is -0.289 e. The summed E-state index contributed by atoms with van der Waals surface area (Å²) in [6.45, 7) is 1.94. The summed E-state index contributed by atoms with van der Waals surface area (Å²) in [4.78, 5) is 16.9. The zero-order valence-electron chi connectivity index (χ0n) is 9.47. The molecule has 0 radical (unpaired) electrons. The van der Waals surface area contributed by atoms with Crippen molar-refractivity contribution in [3.63, 3.8) is 0 Å². The first-order valence-corrected chi connectivity index (χ1v) is 5.56. The summed E-state index contributed by atoms with van der Waals surface area (Å²) in [5, 5.41) is 2.34. The summed E-state index contributed by atoms with van der Waals surface area (Å²) in [6.07, 6.45) is 0. The van der Waals surface area contributed by atoms with Gasteiger partial charge in [-0.05, 0) is 19.1 Å². The molecule has 82 valence electrons. The Kier molecular flexibility index (Phi) is 2.15. The van der Waals surface area contributed by atoms with E-state index in [4.69, 9.17) is 0 Å². The number of fused-ring (bicyclic) bond motifs is 2. The molecule has 0 aliphatic heterocycles. The molecule has 0 amide bonds. The third-order valence-electron chi connectivity index (χ3n) is 3.00. The van der Waals surface area contributed by atoms with Crippen LogP contribution in [0.4, 0.5) is 0 Å². The number of benzene rings is 2. The standard InChI is InChI=1S/C15H11NO/c1-10-11-6-2-3-7-12(11)15(17)13-8-4-5-9-14(13)16-10/h2-9H,1H3. The Labute approximate surface area is 98.6 Å². The first-order valence-electron chi connectivity index (χ1n) is 5.56. The molecule has 17 heavy (non-hydrogen) atoms. The van der Waals surface area contributed by atoms with Crippen LogP contribution in [0.5, 0.6) is 0 Å². The average molecular weight is 221 g/mol. The highest BCUT2D eigenvalue weighted by molar-refractivity contribution is 5.92. The minimum atomic E-state index is 0.0526. The normalized spacial score (nSPS) is 10.9. The van der Waals surface area contributed by atoms with Crippen LogP contribution in [0, 0.1) is 6.92 Å². The second kappa shape index (κ2) is 3.67. The smallest absolute Gasteiger partial charge is 0.195 e. The number of nitrogens with zero attached hydrogens (tertiary/aromatic N) is 1. The fourth-order valence-corrected chi connectivity index (χ4v) is 2.15. The van der Waals surface area contributed by atoms with Crippen molar-refractivity contribution in [2.75, 3.05) is 0 Å². The maximum absolute atomic E-state index is 12.4. The second-order valence-electron chi connectivity index (χ2n) is 4.09. The molecule has 0 aliphatic rings. The molecule has 1 aromatic heterocycles. The minimum absolute atomic E-state index is 0.0526. The SMILES string of the molecule is Cc1nc2ccccc2c(=O)c2ccccc12. The van der Waals surface area contributed by atoms with Crippen molar-refractivity contribution in [3.05, 3.63) is 64.4 Å². The second-order valence-corrected chi connectivity index (χ2v) is 4.09. The van der Waals surface area contributed by atoms with Gasteiger partial charge in [0.05, 0.1) is 5.52 Å². The number of aryl methyl sites for hydroxylation is 1. The van der Waals surface area contributed by atoms with Gasteiger partial charge in [-0.15, -0.1) is 0 Å². The Bertz CT molecular complexity index is 778. The van der Waals surface area contributed by atoms with E-state index in [0.717, 1.165) is 22.0 Å². The highest BCUT2D eigenvalue weighted by atomic mass is 16.1. The van der Waals surface area contributed by atoms with E-state index in [1.54, 1.807) is 0 Å². The lowest BCUT2D eigenvalue weighted by Gasteiger charge is -1.92. The molecule has 2 nitrogen and oxygen atoms in total. The molecule has 0 atom stereocenters. The van der Waals surface area contributed by atoms with Gasteiger partial charge in [0.25, 0.3) is 0 Å². The van der Waals surface area contributed by atoms with E-state index in [9.17, 15) is 4.79 Å². The Morgan fingerprint density at radius 3 is 2.18 bits per heavy atom. The van der Waals surface area contributed by atoms with Gasteiger partial charge in [0, 0.05) is 21.9 Å². The summed E-state index contributed by atoms with van der Waals surface area (Å²) in [7, 11) is 0. The number of rotatable bonds is 0. The molecule has 0 bridgehead atoms. The zero-order chi connectivity index (χ0) is 11.8. The third-order valence-corrected chi connectivity index (χ3v) is 3.00. The Morgan fingerprint density at radius 1 is 0.824 bits per heavy atom. The largest absolute Gasteiger partial charge is 0.289 e. The van der Waals surface area contributed by atoms with E-state index < -0.39 is 0 Å². The van der Waals surface area contributed by atoms with Crippen molar-refractivity contribution < 1.29 is 0 Å². The van der Waals surface area contributed by atoms with Crippen molar-refractivity contribution in [2.24, 2.45) is 0 Å². The van der Waals surface area contributed by atoms with Gasteiger partial charge in [0.2, 0.25) is 0 Å². The summed E-state index contributed by atoms with van der Waals surface area (Å²) >= 11 is 0. The van der Waals surface area contributed by atoms with Gasteiger partial charge in [-0.2, -0.15) is 0 Å². The molecule has 0 fully saturated rings. The van der Waals surface area contributed by atoms with Gasteiger partial charge in [-0.25, -0.2) is 0 Å². The van der Waals surface area contributed by atoms with Gasteiger partial charge < -0.3 is 0 Å². The Balaban J connectivity index is 2.73. The molecule has 0 N–H and O–H groups in total. The van der Waals surface area contributed by atoms with E-state index in [1.165, 1.54) is 0 Å². The van der Waals surface area contributed by atoms with E-state index >= 15 is 0 Å². The van der Waals surface area contributed by atoms with E-state index in [1.807, 2.05) is 55.5 Å². The van der Waals surface area contributed by atoms with Crippen LogP contribution in [0.15, 0.2) is 53.3 Å². The van der Waals surface area contributed by atoms with Crippen LogP contribution in [0.3, 0.4) is 0 Å². The number of hydrogen-bond acceptors (Lipinski definition) is 2. The number of hydrogen-bond donors (Lipinski definition) is 0. The summed E-state index contributed by atoms with van der Waals surface area (Å²) < 4.78 is 0.